The monoisotopic (exact) mass is 292 g/mol. The van der Waals surface area contributed by atoms with E-state index >= 15 is 0 Å². The summed E-state index contributed by atoms with van der Waals surface area (Å²) in [5.74, 6) is 0.294. The number of fused-ring (bicyclic) bond motifs is 1. The molecule has 0 aliphatic carbocycles. The van der Waals surface area contributed by atoms with Gasteiger partial charge in [-0.05, 0) is 18.7 Å². The predicted octanol–water partition coefficient (Wildman–Crippen LogP) is 2.50. The highest BCUT2D eigenvalue weighted by Gasteiger charge is 2.14. The molecule has 0 saturated heterocycles. The van der Waals surface area contributed by atoms with Crippen LogP contribution in [0.4, 0.5) is 0 Å². The van der Waals surface area contributed by atoms with Crippen molar-refractivity contribution in [1.82, 2.24) is 9.88 Å². The quantitative estimate of drug-likeness (QED) is 0.371. The molecule has 6 heteroatoms. The van der Waals surface area contributed by atoms with E-state index in [9.17, 15) is 0 Å². The Kier molecular flexibility index (Phi) is 4.92. The van der Waals surface area contributed by atoms with Crippen molar-refractivity contribution in [3.05, 3.63) is 29.3 Å². The minimum Gasteiger partial charge on any atom is -0.409 e. The van der Waals surface area contributed by atoms with Gasteiger partial charge in [-0.1, -0.05) is 31.1 Å². The molecule has 108 valence electrons. The minimum absolute atomic E-state index is 0.0225. The molecule has 0 spiro atoms. The van der Waals surface area contributed by atoms with Crippen molar-refractivity contribution in [2.75, 3.05) is 13.1 Å². The van der Waals surface area contributed by atoms with Crippen LogP contribution in [0.2, 0.25) is 0 Å². The Labute approximate surface area is 122 Å². The standard InChI is InChI=1S/C14H20N4OS/c1-3-18(8-10(2)14(15)17-19)9-13-16-11-6-4-5-7-12(11)20-13/h4-7,10,19H,3,8-9H2,1-2H3,(H2,15,17). The van der Waals surface area contributed by atoms with E-state index in [1.54, 1.807) is 11.3 Å². The van der Waals surface area contributed by atoms with E-state index in [4.69, 9.17) is 10.9 Å². The summed E-state index contributed by atoms with van der Waals surface area (Å²) in [6, 6.07) is 8.16. The van der Waals surface area contributed by atoms with Gasteiger partial charge in [-0.25, -0.2) is 4.98 Å². The number of rotatable bonds is 6. The van der Waals surface area contributed by atoms with Crippen molar-refractivity contribution in [2.24, 2.45) is 16.8 Å². The van der Waals surface area contributed by atoms with Gasteiger partial charge in [0.15, 0.2) is 0 Å². The number of nitrogens with two attached hydrogens (primary N) is 1. The van der Waals surface area contributed by atoms with Crippen molar-refractivity contribution in [1.29, 1.82) is 0 Å². The van der Waals surface area contributed by atoms with Gasteiger partial charge in [0, 0.05) is 12.5 Å². The van der Waals surface area contributed by atoms with E-state index in [1.807, 2.05) is 25.1 Å². The lowest BCUT2D eigenvalue weighted by atomic mass is 10.1. The molecule has 0 fully saturated rings. The smallest absolute Gasteiger partial charge is 0.143 e. The molecule has 1 aromatic carbocycles. The second kappa shape index (κ2) is 6.67. The van der Waals surface area contributed by atoms with Crippen LogP contribution < -0.4 is 5.73 Å². The third-order valence-corrected chi connectivity index (χ3v) is 4.32. The molecular weight excluding hydrogens is 272 g/mol. The van der Waals surface area contributed by atoms with E-state index in [0.717, 1.165) is 30.2 Å². The van der Waals surface area contributed by atoms with E-state index in [0.29, 0.717) is 0 Å². The topological polar surface area (TPSA) is 74.7 Å². The molecule has 0 aliphatic heterocycles. The van der Waals surface area contributed by atoms with Crippen LogP contribution in [-0.2, 0) is 6.54 Å². The Bertz CT molecular complexity index is 563. The molecule has 3 N–H and O–H groups in total. The van der Waals surface area contributed by atoms with Crippen LogP contribution in [-0.4, -0.2) is 34.0 Å². The maximum absolute atomic E-state index is 8.71. The molecule has 0 radical (unpaired) electrons. The summed E-state index contributed by atoms with van der Waals surface area (Å²) in [7, 11) is 0. The minimum atomic E-state index is 0.0225. The molecule has 1 unspecified atom stereocenters. The molecule has 0 bridgehead atoms. The highest BCUT2D eigenvalue weighted by atomic mass is 32.1. The molecule has 2 aromatic rings. The van der Waals surface area contributed by atoms with Gasteiger partial charge in [0.1, 0.15) is 10.8 Å². The second-order valence-corrected chi connectivity index (χ2v) is 5.94. The number of amidine groups is 1. The summed E-state index contributed by atoms with van der Waals surface area (Å²) in [5.41, 5.74) is 6.68. The number of oxime groups is 1. The number of para-hydroxylation sites is 1. The SMILES string of the molecule is CCN(Cc1nc2ccccc2s1)CC(C)/C(N)=N/O. The van der Waals surface area contributed by atoms with Crippen molar-refractivity contribution in [2.45, 2.75) is 20.4 Å². The van der Waals surface area contributed by atoms with Crippen molar-refractivity contribution in [3.63, 3.8) is 0 Å². The first-order valence-electron chi connectivity index (χ1n) is 6.68. The molecule has 2 rings (SSSR count). The maximum Gasteiger partial charge on any atom is 0.143 e. The van der Waals surface area contributed by atoms with E-state index in [2.05, 4.69) is 28.0 Å². The Balaban J connectivity index is 2.06. The fraction of sp³-hybridized carbons (Fsp3) is 0.429. The third kappa shape index (κ3) is 3.46. The van der Waals surface area contributed by atoms with Gasteiger partial charge in [0.05, 0.1) is 16.8 Å². The molecule has 1 atom stereocenters. The van der Waals surface area contributed by atoms with E-state index in [1.165, 1.54) is 4.70 Å². The molecule has 0 aliphatic rings. The van der Waals surface area contributed by atoms with Gasteiger partial charge in [-0.3, -0.25) is 4.90 Å². The lowest BCUT2D eigenvalue weighted by molar-refractivity contribution is 0.257. The Morgan fingerprint density at radius 3 is 2.90 bits per heavy atom. The van der Waals surface area contributed by atoms with Gasteiger partial charge in [0.25, 0.3) is 0 Å². The van der Waals surface area contributed by atoms with Crippen molar-refractivity contribution in [3.8, 4) is 0 Å². The van der Waals surface area contributed by atoms with E-state index < -0.39 is 0 Å². The second-order valence-electron chi connectivity index (χ2n) is 4.83. The Morgan fingerprint density at radius 2 is 2.25 bits per heavy atom. The van der Waals surface area contributed by atoms with Crippen LogP contribution in [0.15, 0.2) is 29.4 Å². The Hall–Kier alpha value is -1.66. The summed E-state index contributed by atoms with van der Waals surface area (Å²) in [4.78, 5) is 6.89. The average Bonchev–Trinajstić information content (AvgIpc) is 2.87. The highest BCUT2D eigenvalue weighted by molar-refractivity contribution is 7.18. The van der Waals surface area contributed by atoms with Gasteiger partial charge < -0.3 is 10.9 Å². The number of nitrogens with zero attached hydrogens (tertiary/aromatic N) is 3. The summed E-state index contributed by atoms with van der Waals surface area (Å²) in [6.07, 6.45) is 0. The van der Waals surface area contributed by atoms with Crippen LogP contribution in [0.3, 0.4) is 0 Å². The number of thiazole rings is 1. The first-order valence-corrected chi connectivity index (χ1v) is 7.50. The first-order chi connectivity index (χ1) is 9.63. The molecule has 1 heterocycles. The number of benzene rings is 1. The molecule has 0 amide bonds. The zero-order valence-electron chi connectivity index (χ0n) is 11.8. The van der Waals surface area contributed by atoms with Gasteiger partial charge in [-0.15, -0.1) is 11.3 Å². The summed E-state index contributed by atoms with van der Waals surface area (Å²) in [5, 5.41) is 12.9. The lowest BCUT2D eigenvalue weighted by Gasteiger charge is -2.22. The third-order valence-electron chi connectivity index (χ3n) is 3.30. The molecule has 1 aromatic heterocycles. The largest absolute Gasteiger partial charge is 0.409 e. The van der Waals surface area contributed by atoms with E-state index in [-0.39, 0.29) is 11.8 Å². The number of hydrogen-bond donors (Lipinski definition) is 2. The van der Waals surface area contributed by atoms with Crippen LogP contribution >= 0.6 is 11.3 Å². The Morgan fingerprint density at radius 1 is 1.50 bits per heavy atom. The number of hydrogen-bond acceptors (Lipinski definition) is 5. The molecule has 5 nitrogen and oxygen atoms in total. The van der Waals surface area contributed by atoms with Gasteiger partial charge in [-0.2, -0.15) is 0 Å². The van der Waals surface area contributed by atoms with Gasteiger partial charge >= 0.3 is 0 Å². The predicted molar refractivity (Wildman–Crippen MR) is 83.1 cm³/mol. The van der Waals surface area contributed by atoms with Gasteiger partial charge in [0.2, 0.25) is 0 Å². The van der Waals surface area contributed by atoms with Crippen LogP contribution in [0.25, 0.3) is 10.2 Å². The van der Waals surface area contributed by atoms with Crippen molar-refractivity contribution < 1.29 is 5.21 Å². The normalized spacial score (nSPS) is 14.1. The van der Waals surface area contributed by atoms with Crippen LogP contribution in [0.1, 0.15) is 18.9 Å². The zero-order chi connectivity index (χ0) is 14.5. The van der Waals surface area contributed by atoms with Crippen LogP contribution in [0.5, 0.6) is 0 Å². The molecule has 20 heavy (non-hydrogen) atoms. The first kappa shape index (κ1) is 14.7. The zero-order valence-corrected chi connectivity index (χ0v) is 12.6. The average molecular weight is 292 g/mol. The maximum atomic E-state index is 8.71. The summed E-state index contributed by atoms with van der Waals surface area (Å²) >= 11 is 1.72. The lowest BCUT2D eigenvalue weighted by Crippen LogP contribution is -2.34. The fourth-order valence-corrected chi connectivity index (χ4v) is 3.07. The van der Waals surface area contributed by atoms with Crippen LogP contribution in [0, 0.1) is 5.92 Å². The fourth-order valence-electron chi connectivity index (χ4n) is 2.06. The number of aromatic nitrogens is 1. The summed E-state index contributed by atoms with van der Waals surface area (Å²) < 4.78 is 1.21. The molecular formula is C14H20N4OS. The molecule has 0 saturated carbocycles. The highest BCUT2D eigenvalue weighted by Crippen LogP contribution is 2.22. The van der Waals surface area contributed by atoms with Crippen molar-refractivity contribution >= 4 is 27.4 Å². The summed E-state index contributed by atoms with van der Waals surface area (Å²) in [6.45, 7) is 6.50.